The Bertz CT molecular complexity index is 298. The van der Waals surface area contributed by atoms with Crippen molar-refractivity contribution in [3.8, 4) is 0 Å². The molecule has 1 aliphatic rings. The summed E-state index contributed by atoms with van der Waals surface area (Å²) in [6.45, 7) is 11.3. The molecule has 19 heavy (non-hydrogen) atoms. The maximum atomic E-state index is 11.9. The maximum absolute atomic E-state index is 11.9. The zero-order valence-electron chi connectivity index (χ0n) is 12.9. The second-order valence-corrected chi connectivity index (χ2v) is 6.68. The second-order valence-electron chi connectivity index (χ2n) is 6.68. The number of rotatable bonds is 5. The van der Waals surface area contributed by atoms with E-state index >= 15 is 0 Å². The Hall–Kier alpha value is -0.830. The van der Waals surface area contributed by atoms with Crippen LogP contribution in [0.25, 0.3) is 0 Å². The summed E-state index contributed by atoms with van der Waals surface area (Å²) in [5.41, 5.74) is 0.375. The van der Waals surface area contributed by atoms with Gasteiger partial charge >= 0.3 is 5.97 Å². The van der Waals surface area contributed by atoms with E-state index in [4.69, 9.17) is 4.74 Å². The minimum Gasteiger partial charge on any atom is -0.468 e. The van der Waals surface area contributed by atoms with Gasteiger partial charge in [0.05, 0.1) is 7.11 Å². The van der Waals surface area contributed by atoms with Gasteiger partial charge in [-0.05, 0) is 42.9 Å². The Kier molecular flexibility index (Phi) is 6.05. The van der Waals surface area contributed by atoms with E-state index in [2.05, 4.69) is 32.7 Å². The number of carbonyl (C=O) groups excluding carboxylic acids is 1. The highest BCUT2D eigenvalue weighted by Crippen LogP contribution is 2.40. The van der Waals surface area contributed by atoms with Crippen LogP contribution in [0.2, 0.25) is 0 Å². The van der Waals surface area contributed by atoms with Gasteiger partial charge in [0.15, 0.2) is 0 Å². The Labute approximate surface area is 117 Å². The van der Waals surface area contributed by atoms with Crippen molar-refractivity contribution in [2.75, 3.05) is 13.7 Å². The maximum Gasteiger partial charge on any atom is 0.323 e. The first-order valence-electron chi connectivity index (χ1n) is 7.32. The number of hydrogen-bond donors (Lipinski definition) is 1. The molecule has 110 valence electrons. The highest BCUT2D eigenvalue weighted by molar-refractivity contribution is 5.76. The molecular formula is C16H29NO2. The van der Waals surface area contributed by atoms with Crippen LogP contribution in [0.4, 0.5) is 0 Å². The van der Waals surface area contributed by atoms with Gasteiger partial charge in [0.2, 0.25) is 0 Å². The minimum absolute atomic E-state index is 0.138. The highest BCUT2D eigenvalue weighted by Gasteiger charge is 2.35. The van der Waals surface area contributed by atoms with E-state index in [1.165, 1.54) is 20.0 Å². The van der Waals surface area contributed by atoms with Crippen LogP contribution in [0, 0.1) is 17.3 Å². The first kappa shape index (κ1) is 16.2. The third kappa shape index (κ3) is 4.64. The average molecular weight is 267 g/mol. The van der Waals surface area contributed by atoms with Gasteiger partial charge in [0, 0.05) is 6.54 Å². The molecule has 1 fully saturated rings. The molecular weight excluding hydrogens is 238 g/mol. The van der Waals surface area contributed by atoms with Gasteiger partial charge in [-0.2, -0.15) is 0 Å². The van der Waals surface area contributed by atoms with Crippen LogP contribution in [0.3, 0.4) is 0 Å². The lowest BCUT2D eigenvalue weighted by Crippen LogP contribution is -2.45. The lowest BCUT2D eigenvalue weighted by atomic mass is 9.68. The van der Waals surface area contributed by atoms with Gasteiger partial charge < -0.3 is 10.1 Å². The fourth-order valence-electron chi connectivity index (χ4n) is 3.10. The zero-order chi connectivity index (χ0) is 14.5. The van der Waals surface area contributed by atoms with Crippen molar-refractivity contribution < 1.29 is 9.53 Å². The van der Waals surface area contributed by atoms with E-state index in [0.717, 1.165) is 18.8 Å². The van der Waals surface area contributed by atoms with Gasteiger partial charge in [0.1, 0.15) is 6.04 Å². The van der Waals surface area contributed by atoms with Crippen LogP contribution in [-0.2, 0) is 9.53 Å². The summed E-state index contributed by atoms with van der Waals surface area (Å²) in [5.74, 6) is 1.02. The van der Waals surface area contributed by atoms with Crippen molar-refractivity contribution in [2.24, 2.45) is 17.3 Å². The molecule has 1 aliphatic carbocycles. The molecule has 1 unspecified atom stereocenters. The molecule has 0 saturated heterocycles. The van der Waals surface area contributed by atoms with E-state index < -0.39 is 0 Å². The van der Waals surface area contributed by atoms with Crippen molar-refractivity contribution in [1.82, 2.24) is 5.32 Å². The van der Waals surface area contributed by atoms with E-state index in [1.54, 1.807) is 6.08 Å². The van der Waals surface area contributed by atoms with Crippen molar-refractivity contribution in [2.45, 2.75) is 52.5 Å². The highest BCUT2D eigenvalue weighted by atomic mass is 16.5. The molecule has 0 aromatic carbocycles. The van der Waals surface area contributed by atoms with Crippen molar-refractivity contribution >= 4 is 5.97 Å². The Morgan fingerprint density at radius 1 is 1.37 bits per heavy atom. The lowest BCUT2D eigenvalue weighted by molar-refractivity contribution is -0.145. The lowest BCUT2D eigenvalue weighted by Gasteiger charge is -2.38. The van der Waals surface area contributed by atoms with Crippen LogP contribution in [0.5, 0.6) is 0 Å². The predicted molar refractivity (Wildman–Crippen MR) is 78.9 cm³/mol. The molecule has 1 saturated carbocycles. The van der Waals surface area contributed by atoms with Crippen LogP contribution in [0.15, 0.2) is 12.7 Å². The summed E-state index contributed by atoms with van der Waals surface area (Å²) in [4.78, 5) is 11.9. The first-order chi connectivity index (χ1) is 8.90. The fourth-order valence-corrected chi connectivity index (χ4v) is 3.10. The molecule has 1 rings (SSSR count). The number of ether oxygens (including phenoxy) is 1. The molecule has 0 aromatic rings. The molecule has 0 heterocycles. The monoisotopic (exact) mass is 267 g/mol. The number of esters is 1. The van der Waals surface area contributed by atoms with Crippen molar-refractivity contribution in [3.05, 3.63) is 12.7 Å². The smallest absolute Gasteiger partial charge is 0.323 e. The number of hydrogen-bond acceptors (Lipinski definition) is 3. The molecule has 0 radical (unpaired) electrons. The van der Waals surface area contributed by atoms with Crippen molar-refractivity contribution in [3.63, 3.8) is 0 Å². The molecule has 0 spiro atoms. The standard InChI is InChI=1S/C16H29NO2/c1-6-11-17-14(15(18)19-5)12-7-9-13(10-8-12)16(2,3)4/h6,12-14,17H,1,7-11H2,2-5H3. The number of methoxy groups -OCH3 is 1. The van der Waals surface area contributed by atoms with Crippen LogP contribution >= 0.6 is 0 Å². The van der Waals surface area contributed by atoms with Gasteiger partial charge in [0.25, 0.3) is 0 Å². The molecule has 3 heteroatoms. The predicted octanol–water partition coefficient (Wildman–Crippen LogP) is 3.16. The largest absolute Gasteiger partial charge is 0.468 e. The van der Waals surface area contributed by atoms with Gasteiger partial charge in [-0.1, -0.05) is 26.8 Å². The Morgan fingerprint density at radius 2 is 1.95 bits per heavy atom. The normalized spacial score (nSPS) is 25.7. The molecule has 3 nitrogen and oxygen atoms in total. The van der Waals surface area contributed by atoms with Gasteiger partial charge in [-0.15, -0.1) is 6.58 Å². The quantitative estimate of drug-likeness (QED) is 0.614. The third-order valence-corrected chi connectivity index (χ3v) is 4.41. The summed E-state index contributed by atoms with van der Waals surface area (Å²) in [7, 11) is 1.46. The van der Waals surface area contributed by atoms with Crippen LogP contribution < -0.4 is 5.32 Å². The topological polar surface area (TPSA) is 38.3 Å². The number of carbonyl (C=O) groups is 1. The second kappa shape index (κ2) is 7.09. The molecule has 0 aromatic heterocycles. The summed E-state index contributed by atoms with van der Waals surface area (Å²) in [5, 5.41) is 3.25. The summed E-state index contributed by atoms with van der Waals surface area (Å²) >= 11 is 0. The van der Waals surface area contributed by atoms with Gasteiger partial charge in [-0.3, -0.25) is 4.79 Å². The van der Waals surface area contributed by atoms with E-state index in [0.29, 0.717) is 17.9 Å². The number of nitrogens with one attached hydrogen (secondary N) is 1. The molecule has 0 amide bonds. The molecule has 1 N–H and O–H groups in total. The van der Waals surface area contributed by atoms with E-state index in [-0.39, 0.29) is 12.0 Å². The third-order valence-electron chi connectivity index (χ3n) is 4.41. The fraction of sp³-hybridized carbons (Fsp3) is 0.812. The average Bonchev–Trinajstić information content (AvgIpc) is 2.38. The summed E-state index contributed by atoms with van der Waals surface area (Å²) in [6.07, 6.45) is 6.41. The van der Waals surface area contributed by atoms with Crippen LogP contribution in [0.1, 0.15) is 46.5 Å². The SMILES string of the molecule is C=CCNC(C(=O)OC)C1CCC(C(C)(C)C)CC1. The van der Waals surface area contributed by atoms with Crippen molar-refractivity contribution in [1.29, 1.82) is 0 Å². The Balaban J connectivity index is 2.58. The first-order valence-corrected chi connectivity index (χ1v) is 7.32. The molecule has 0 bridgehead atoms. The van der Waals surface area contributed by atoms with E-state index in [9.17, 15) is 4.79 Å². The van der Waals surface area contributed by atoms with Gasteiger partial charge in [-0.25, -0.2) is 0 Å². The molecule has 1 atom stereocenters. The Morgan fingerprint density at radius 3 is 2.37 bits per heavy atom. The minimum atomic E-state index is -0.177. The summed E-state index contributed by atoms with van der Waals surface area (Å²) in [6, 6.07) is -0.177. The summed E-state index contributed by atoms with van der Waals surface area (Å²) < 4.78 is 4.92. The van der Waals surface area contributed by atoms with E-state index in [1.807, 2.05) is 0 Å². The van der Waals surface area contributed by atoms with Crippen LogP contribution in [-0.4, -0.2) is 25.7 Å². The zero-order valence-corrected chi connectivity index (χ0v) is 12.9. The molecule has 0 aliphatic heterocycles.